The molecular weight excluding hydrogens is 364 g/mol. The topological polar surface area (TPSA) is 52.8 Å². The van der Waals surface area contributed by atoms with E-state index in [0.717, 1.165) is 38.6 Å². The minimum Gasteiger partial charge on any atom is -0.497 e. The summed E-state index contributed by atoms with van der Waals surface area (Å²) < 4.78 is 7.06. The van der Waals surface area contributed by atoms with E-state index in [0.29, 0.717) is 0 Å². The van der Waals surface area contributed by atoms with Gasteiger partial charge in [-0.1, -0.05) is 42.1 Å². The third-order valence-electron chi connectivity index (χ3n) is 3.71. The van der Waals surface area contributed by atoms with E-state index in [4.69, 9.17) is 9.72 Å². The lowest BCUT2D eigenvalue weighted by atomic mass is 10.2. The van der Waals surface area contributed by atoms with Crippen LogP contribution in [0.1, 0.15) is 5.69 Å². The van der Waals surface area contributed by atoms with Crippen LogP contribution in [0.2, 0.25) is 0 Å². The summed E-state index contributed by atoms with van der Waals surface area (Å²) in [5, 5.41) is 8.32. The zero-order chi connectivity index (χ0) is 17.8. The monoisotopic (exact) mass is 380 g/mol. The van der Waals surface area contributed by atoms with Crippen LogP contribution in [0, 0.1) is 0 Å². The van der Waals surface area contributed by atoms with Crippen LogP contribution in [0.15, 0.2) is 71.5 Å². The van der Waals surface area contributed by atoms with Crippen molar-refractivity contribution in [1.82, 2.24) is 19.7 Å². The maximum absolute atomic E-state index is 5.28. The quantitative estimate of drug-likeness (QED) is 0.454. The first-order valence-corrected chi connectivity index (χ1v) is 9.87. The molecule has 0 bridgehead atoms. The van der Waals surface area contributed by atoms with E-state index < -0.39 is 0 Å². The first-order chi connectivity index (χ1) is 12.8. The smallest absolute Gasteiger partial charge is 0.209 e. The normalized spacial score (nSPS) is 10.8. The van der Waals surface area contributed by atoms with E-state index in [1.807, 2.05) is 54.6 Å². The van der Waals surface area contributed by atoms with Crippen LogP contribution >= 0.6 is 23.1 Å². The fourth-order valence-electron chi connectivity index (χ4n) is 2.42. The Bertz CT molecular complexity index is 997. The molecule has 0 spiro atoms. The molecule has 5 nitrogen and oxygen atoms in total. The molecule has 4 aromatic rings. The molecule has 0 saturated carbocycles. The van der Waals surface area contributed by atoms with Crippen molar-refractivity contribution in [2.75, 3.05) is 7.11 Å². The van der Waals surface area contributed by atoms with Crippen molar-refractivity contribution in [2.45, 2.75) is 10.9 Å². The van der Waals surface area contributed by atoms with Gasteiger partial charge in [0.2, 0.25) is 5.16 Å². The second kappa shape index (κ2) is 7.72. The molecule has 0 unspecified atom stereocenters. The molecule has 0 aliphatic carbocycles. The molecule has 7 heteroatoms. The molecule has 0 fully saturated rings. The first kappa shape index (κ1) is 16.8. The summed E-state index contributed by atoms with van der Waals surface area (Å²) >= 11 is 3.21. The van der Waals surface area contributed by atoms with Crippen molar-refractivity contribution >= 4 is 23.1 Å². The van der Waals surface area contributed by atoms with Crippen LogP contribution in [0.25, 0.3) is 16.3 Å². The van der Waals surface area contributed by atoms with Gasteiger partial charge in [0.25, 0.3) is 0 Å². The van der Waals surface area contributed by atoms with Gasteiger partial charge in [-0.25, -0.2) is 14.6 Å². The minimum absolute atomic E-state index is 0.735. The molecule has 130 valence electrons. The number of ether oxygens (including phenoxy) is 1. The summed E-state index contributed by atoms with van der Waals surface area (Å²) in [7, 11) is 1.67. The number of methoxy groups -OCH3 is 1. The lowest BCUT2D eigenvalue weighted by molar-refractivity contribution is 0.415. The molecule has 0 aliphatic rings. The third-order valence-corrected chi connectivity index (χ3v) is 5.53. The number of nitrogens with zero attached hydrogens (tertiary/aromatic N) is 4. The first-order valence-electron chi connectivity index (χ1n) is 8.00. The van der Waals surface area contributed by atoms with Gasteiger partial charge in [0.05, 0.1) is 18.5 Å². The van der Waals surface area contributed by atoms with E-state index in [9.17, 15) is 0 Å². The van der Waals surface area contributed by atoms with Gasteiger partial charge in [-0.05, 0) is 24.3 Å². The molecular formula is C19H16N4OS2. The third kappa shape index (κ3) is 3.79. The molecule has 2 aromatic heterocycles. The average molecular weight is 380 g/mol. The molecule has 26 heavy (non-hydrogen) atoms. The Kier molecular flexibility index (Phi) is 4.99. The fourth-order valence-corrected chi connectivity index (χ4v) is 4.03. The summed E-state index contributed by atoms with van der Waals surface area (Å²) in [5.74, 6) is 1.57. The number of thiazole rings is 1. The van der Waals surface area contributed by atoms with E-state index in [-0.39, 0.29) is 0 Å². The summed E-state index contributed by atoms with van der Waals surface area (Å²) in [6, 6.07) is 17.9. The van der Waals surface area contributed by atoms with Crippen molar-refractivity contribution < 1.29 is 4.74 Å². The number of para-hydroxylation sites is 1. The second-order valence-electron chi connectivity index (χ2n) is 5.47. The average Bonchev–Trinajstić information content (AvgIpc) is 3.37. The van der Waals surface area contributed by atoms with Crippen LogP contribution in [-0.4, -0.2) is 26.9 Å². The number of hydrogen-bond acceptors (Lipinski definition) is 6. The lowest BCUT2D eigenvalue weighted by Gasteiger charge is -2.01. The van der Waals surface area contributed by atoms with E-state index in [1.165, 1.54) is 0 Å². The summed E-state index contributed by atoms with van der Waals surface area (Å²) in [5.41, 5.74) is 3.09. The van der Waals surface area contributed by atoms with Crippen molar-refractivity contribution in [3.05, 3.63) is 72.0 Å². The zero-order valence-corrected chi connectivity index (χ0v) is 15.7. The van der Waals surface area contributed by atoms with Gasteiger partial charge in [-0.15, -0.1) is 16.4 Å². The standard InChI is InChI=1S/C19H16N4OS2/c1-24-17-9-5-6-14(10-17)18-21-15(11-25-18)12-26-19-20-13-23(22-19)16-7-3-2-4-8-16/h2-11,13H,12H2,1H3. The minimum atomic E-state index is 0.735. The predicted octanol–water partition coefficient (Wildman–Crippen LogP) is 4.69. The van der Waals surface area contributed by atoms with Crippen LogP contribution in [0.4, 0.5) is 0 Å². The van der Waals surface area contributed by atoms with Gasteiger partial charge in [-0.2, -0.15) is 0 Å². The Morgan fingerprint density at radius 1 is 1.12 bits per heavy atom. The largest absolute Gasteiger partial charge is 0.497 e. The van der Waals surface area contributed by atoms with Crippen molar-refractivity contribution in [1.29, 1.82) is 0 Å². The molecule has 0 radical (unpaired) electrons. The molecule has 0 aliphatic heterocycles. The molecule has 0 amide bonds. The van der Waals surface area contributed by atoms with Gasteiger partial charge in [0.15, 0.2) is 0 Å². The SMILES string of the molecule is COc1cccc(-c2nc(CSc3ncn(-c4ccccc4)n3)cs2)c1. The zero-order valence-electron chi connectivity index (χ0n) is 14.1. The Hall–Kier alpha value is -2.64. The summed E-state index contributed by atoms with van der Waals surface area (Å²) in [6.07, 6.45) is 1.74. The predicted molar refractivity (Wildman–Crippen MR) is 105 cm³/mol. The van der Waals surface area contributed by atoms with Crippen molar-refractivity contribution in [3.63, 3.8) is 0 Å². The van der Waals surface area contributed by atoms with Gasteiger partial charge in [0.1, 0.15) is 17.1 Å². The molecule has 0 N–H and O–H groups in total. The highest BCUT2D eigenvalue weighted by Crippen LogP contribution is 2.29. The molecule has 2 aromatic carbocycles. The Morgan fingerprint density at radius 3 is 2.85 bits per heavy atom. The van der Waals surface area contributed by atoms with Gasteiger partial charge in [-0.3, -0.25) is 0 Å². The Balaban J connectivity index is 1.43. The van der Waals surface area contributed by atoms with Gasteiger partial charge >= 0.3 is 0 Å². The van der Waals surface area contributed by atoms with E-state index in [2.05, 4.69) is 15.5 Å². The van der Waals surface area contributed by atoms with Crippen LogP contribution in [0.3, 0.4) is 0 Å². The molecule has 0 saturated heterocycles. The summed E-state index contributed by atoms with van der Waals surface area (Å²) in [4.78, 5) is 9.08. The Morgan fingerprint density at radius 2 is 2.00 bits per heavy atom. The Labute approximate surface area is 159 Å². The number of hydrogen-bond donors (Lipinski definition) is 0. The van der Waals surface area contributed by atoms with Crippen molar-refractivity contribution in [3.8, 4) is 22.0 Å². The van der Waals surface area contributed by atoms with Crippen LogP contribution in [0.5, 0.6) is 5.75 Å². The van der Waals surface area contributed by atoms with Crippen LogP contribution in [-0.2, 0) is 5.75 Å². The van der Waals surface area contributed by atoms with Gasteiger partial charge < -0.3 is 4.74 Å². The van der Waals surface area contributed by atoms with Gasteiger partial charge in [0, 0.05) is 16.7 Å². The fraction of sp³-hybridized carbons (Fsp3) is 0.105. The highest BCUT2D eigenvalue weighted by atomic mass is 32.2. The van der Waals surface area contributed by atoms with Crippen LogP contribution < -0.4 is 4.74 Å². The van der Waals surface area contributed by atoms with Crippen molar-refractivity contribution in [2.24, 2.45) is 0 Å². The highest BCUT2D eigenvalue weighted by Gasteiger charge is 2.08. The second-order valence-corrected chi connectivity index (χ2v) is 7.27. The highest BCUT2D eigenvalue weighted by molar-refractivity contribution is 7.98. The van der Waals surface area contributed by atoms with E-state index >= 15 is 0 Å². The van der Waals surface area contributed by atoms with E-state index in [1.54, 1.807) is 41.2 Å². The molecule has 4 rings (SSSR count). The molecule has 2 heterocycles. The number of benzene rings is 2. The lowest BCUT2D eigenvalue weighted by Crippen LogP contribution is -1.93. The maximum Gasteiger partial charge on any atom is 0.209 e. The summed E-state index contributed by atoms with van der Waals surface area (Å²) in [6.45, 7) is 0. The number of rotatable bonds is 6. The number of aromatic nitrogens is 4. The number of thioether (sulfide) groups is 1. The maximum atomic E-state index is 5.28. The molecule has 0 atom stereocenters.